The maximum absolute atomic E-state index is 9.08. The van der Waals surface area contributed by atoms with Gasteiger partial charge in [0.15, 0.2) is 0 Å². The lowest BCUT2D eigenvalue weighted by molar-refractivity contribution is 0.282. The first kappa shape index (κ1) is 14.6. The van der Waals surface area contributed by atoms with E-state index in [1.807, 2.05) is 24.3 Å². The number of thioether (sulfide) groups is 1. The number of fused-ring (bicyclic) bond motifs is 1. The SMILES string of the molecule is CSCC(CCO)Nc1ccc2cccc(Br)c2n1. The molecular weight excluding hydrogens is 324 g/mol. The zero-order valence-corrected chi connectivity index (χ0v) is 13.2. The Hall–Kier alpha value is -0.780. The number of aromatic nitrogens is 1. The van der Waals surface area contributed by atoms with Gasteiger partial charge >= 0.3 is 0 Å². The molecule has 0 aliphatic carbocycles. The number of halogens is 1. The van der Waals surface area contributed by atoms with Crippen LogP contribution in [0.4, 0.5) is 5.82 Å². The molecule has 19 heavy (non-hydrogen) atoms. The van der Waals surface area contributed by atoms with Gasteiger partial charge in [-0.05, 0) is 46.8 Å². The zero-order chi connectivity index (χ0) is 13.7. The summed E-state index contributed by atoms with van der Waals surface area (Å²) in [7, 11) is 0. The molecule has 0 saturated heterocycles. The number of nitrogens with one attached hydrogen (secondary N) is 1. The highest BCUT2D eigenvalue weighted by atomic mass is 79.9. The topological polar surface area (TPSA) is 45.1 Å². The molecule has 102 valence electrons. The van der Waals surface area contributed by atoms with Gasteiger partial charge in [-0.3, -0.25) is 0 Å². The summed E-state index contributed by atoms with van der Waals surface area (Å²) in [5.41, 5.74) is 0.958. The molecule has 2 aromatic rings. The maximum atomic E-state index is 9.08. The van der Waals surface area contributed by atoms with Crippen LogP contribution < -0.4 is 5.32 Å². The summed E-state index contributed by atoms with van der Waals surface area (Å²) in [6, 6.07) is 10.3. The number of benzene rings is 1. The highest BCUT2D eigenvalue weighted by molar-refractivity contribution is 9.10. The monoisotopic (exact) mass is 340 g/mol. The van der Waals surface area contributed by atoms with E-state index in [2.05, 4.69) is 38.6 Å². The van der Waals surface area contributed by atoms with Gasteiger partial charge in [-0.2, -0.15) is 11.8 Å². The number of anilines is 1. The minimum absolute atomic E-state index is 0.190. The Morgan fingerprint density at radius 2 is 2.21 bits per heavy atom. The third-order valence-corrected chi connectivity index (χ3v) is 4.24. The smallest absolute Gasteiger partial charge is 0.126 e. The molecule has 0 bridgehead atoms. The number of hydrogen-bond donors (Lipinski definition) is 2. The molecule has 0 saturated carbocycles. The van der Waals surface area contributed by atoms with Crippen LogP contribution >= 0.6 is 27.7 Å². The summed E-state index contributed by atoms with van der Waals surface area (Å²) < 4.78 is 0.997. The first-order chi connectivity index (χ1) is 9.24. The molecule has 1 unspecified atom stereocenters. The van der Waals surface area contributed by atoms with Crippen molar-refractivity contribution in [3.63, 3.8) is 0 Å². The molecule has 1 aromatic carbocycles. The Kier molecular flexibility index (Phi) is 5.48. The van der Waals surface area contributed by atoms with E-state index in [0.717, 1.165) is 33.4 Å². The molecule has 0 aliphatic rings. The first-order valence-electron chi connectivity index (χ1n) is 6.16. The summed E-state index contributed by atoms with van der Waals surface area (Å²) in [4.78, 5) is 4.63. The second-order valence-corrected chi connectivity index (χ2v) is 6.08. The van der Waals surface area contributed by atoms with Gasteiger partial charge in [-0.1, -0.05) is 12.1 Å². The van der Waals surface area contributed by atoms with Crippen molar-refractivity contribution < 1.29 is 5.11 Å². The van der Waals surface area contributed by atoms with Crippen LogP contribution in [0.15, 0.2) is 34.8 Å². The van der Waals surface area contributed by atoms with Gasteiger partial charge in [0.2, 0.25) is 0 Å². The van der Waals surface area contributed by atoms with Gasteiger partial charge in [0.25, 0.3) is 0 Å². The van der Waals surface area contributed by atoms with Crippen LogP contribution in [-0.2, 0) is 0 Å². The van der Waals surface area contributed by atoms with Crippen molar-refractivity contribution in [3.8, 4) is 0 Å². The standard InChI is InChI=1S/C14H17BrN2OS/c1-19-9-11(7-8-18)16-13-6-5-10-3-2-4-12(15)14(10)17-13/h2-6,11,18H,7-9H2,1H3,(H,16,17). The summed E-state index contributed by atoms with van der Waals surface area (Å²) in [6.07, 6.45) is 2.80. The molecule has 3 nitrogen and oxygen atoms in total. The Morgan fingerprint density at radius 1 is 1.37 bits per heavy atom. The Bertz CT molecular complexity index is 544. The van der Waals surface area contributed by atoms with E-state index in [1.165, 1.54) is 0 Å². The van der Waals surface area contributed by atoms with Crippen molar-refractivity contribution in [2.24, 2.45) is 0 Å². The second kappa shape index (κ2) is 7.12. The fourth-order valence-corrected chi connectivity index (χ4v) is 3.08. The molecular formula is C14H17BrN2OS. The van der Waals surface area contributed by atoms with Crippen molar-refractivity contribution in [1.29, 1.82) is 0 Å². The van der Waals surface area contributed by atoms with Gasteiger partial charge in [0.1, 0.15) is 5.82 Å². The van der Waals surface area contributed by atoms with Crippen LogP contribution in [0.2, 0.25) is 0 Å². The molecule has 0 amide bonds. The van der Waals surface area contributed by atoms with Crippen molar-refractivity contribution in [2.75, 3.05) is 23.9 Å². The number of nitrogens with zero attached hydrogens (tertiary/aromatic N) is 1. The van der Waals surface area contributed by atoms with Gasteiger partial charge in [0.05, 0.1) is 5.52 Å². The number of rotatable bonds is 6. The predicted molar refractivity (Wildman–Crippen MR) is 86.9 cm³/mol. The van der Waals surface area contributed by atoms with Crippen molar-refractivity contribution in [1.82, 2.24) is 4.98 Å². The predicted octanol–water partition coefficient (Wildman–Crippen LogP) is 3.52. The lowest BCUT2D eigenvalue weighted by Crippen LogP contribution is -2.24. The van der Waals surface area contributed by atoms with Gasteiger partial charge < -0.3 is 10.4 Å². The van der Waals surface area contributed by atoms with Crippen molar-refractivity contribution in [2.45, 2.75) is 12.5 Å². The van der Waals surface area contributed by atoms with Crippen LogP contribution in [0.3, 0.4) is 0 Å². The number of aliphatic hydroxyl groups excluding tert-OH is 1. The fraction of sp³-hybridized carbons (Fsp3) is 0.357. The minimum atomic E-state index is 0.190. The Labute approximate surface area is 125 Å². The number of para-hydroxylation sites is 1. The summed E-state index contributed by atoms with van der Waals surface area (Å²) in [6.45, 7) is 0.190. The lowest BCUT2D eigenvalue weighted by atomic mass is 10.2. The zero-order valence-electron chi connectivity index (χ0n) is 10.8. The first-order valence-corrected chi connectivity index (χ1v) is 8.35. The molecule has 1 atom stereocenters. The van der Waals surface area contributed by atoms with E-state index in [4.69, 9.17) is 5.11 Å². The maximum Gasteiger partial charge on any atom is 0.126 e. The molecule has 0 aliphatic heterocycles. The van der Waals surface area contributed by atoms with E-state index >= 15 is 0 Å². The van der Waals surface area contributed by atoms with Gasteiger partial charge in [0, 0.05) is 28.3 Å². The second-order valence-electron chi connectivity index (χ2n) is 4.32. The van der Waals surface area contributed by atoms with E-state index in [9.17, 15) is 0 Å². The molecule has 0 spiro atoms. The number of pyridine rings is 1. The number of hydrogen-bond acceptors (Lipinski definition) is 4. The van der Waals surface area contributed by atoms with E-state index in [-0.39, 0.29) is 12.6 Å². The lowest BCUT2D eigenvalue weighted by Gasteiger charge is -2.17. The van der Waals surface area contributed by atoms with Crippen LogP contribution in [0.25, 0.3) is 10.9 Å². The van der Waals surface area contributed by atoms with Crippen molar-refractivity contribution >= 4 is 44.4 Å². The molecule has 2 N–H and O–H groups in total. The molecule has 0 fully saturated rings. The van der Waals surface area contributed by atoms with Crippen LogP contribution in [0.1, 0.15) is 6.42 Å². The summed E-state index contributed by atoms with van der Waals surface area (Å²) in [5, 5.41) is 13.6. The highest BCUT2D eigenvalue weighted by Gasteiger charge is 2.09. The summed E-state index contributed by atoms with van der Waals surface area (Å²) >= 11 is 5.29. The fourth-order valence-electron chi connectivity index (χ4n) is 1.95. The molecule has 2 rings (SSSR count). The Morgan fingerprint density at radius 3 is 2.95 bits per heavy atom. The van der Waals surface area contributed by atoms with Gasteiger partial charge in [-0.25, -0.2) is 4.98 Å². The molecule has 1 aromatic heterocycles. The minimum Gasteiger partial charge on any atom is -0.396 e. The van der Waals surface area contributed by atoms with Crippen LogP contribution in [0, 0.1) is 0 Å². The summed E-state index contributed by atoms with van der Waals surface area (Å²) in [5.74, 6) is 1.81. The van der Waals surface area contributed by atoms with E-state index < -0.39 is 0 Å². The molecule has 1 heterocycles. The van der Waals surface area contributed by atoms with Gasteiger partial charge in [-0.15, -0.1) is 0 Å². The Balaban J connectivity index is 2.22. The quantitative estimate of drug-likeness (QED) is 0.844. The van der Waals surface area contributed by atoms with Crippen LogP contribution in [-0.4, -0.2) is 34.7 Å². The van der Waals surface area contributed by atoms with E-state index in [0.29, 0.717) is 0 Å². The molecule has 0 radical (unpaired) electrons. The largest absolute Gasteiger partial charge is 0.396 e. The van der Waals surface area contributed by atoms with E-state index in [1.54, 1.807) is 11.8 Å². The third-order valence-electron chi connectivity index (χ3n) is 2.87. The normalized spacial score (nSPS) is 12.6. The van der Waals surface area contributed by atoms with Crippen LogP contribution in [0.5, 0.6) is 0 Å². The average molecular weight is 341 g/mol. The number of aliphatic hydroxyl groups is 1. The molecule has 5 heteroatoms. The third kappa shape index (κ3) is 3.84. The average Bonchev–Trinajstić information content (AvgIpc) is 2.40. The highest BCUT2D eigenvalue weighted by Crippen LogP contribution is 2.24. The van der Waals surface area contributed by atoms with Crippen molar-refractivity contribution in [3.05, 3.63) is 34.8 Å².